The van der Waals surface area contributed by atoms with Crippen molar-refractivity contribution < 1.29 is 33.3 Å². The Morgan fingerprint density at radius 2 is 1.40 bits per heavy atom. The first-order chi connectivity index (χ1) is 9.45. The lowest BCUT2D eigenvalue weighted by Crippen LogP contribution is -2.47. The topological polar surface area (TPSA) is 88.1 Å². The number of hydrogen-bond donors (Lipinski definition) is 0. The van der Waals surface area contributed by atoms with Gasteiger partial charge in [0.05, 0.1) is 33.2 Å². The predicted molar refractivity (Wildman–Crippen MR) is 68.9 cm³/mol. The van der Waals surface area contributed by atoms with Crippen LogP contribution in [0.5, 0.6) is 0 Å². The van der Waals surface area contributed by atoms with Crippen molar-refractivity contribution in [3.05, 3.63) is 0 Å². The summed E-state index contributed by atoms with van der Waals surface area (Å²) in [5.41, 5.74) is -1.70. The summed E-state index contributed by atoms with van der Waals surface area (Å²) >= 11 is 0. The molecule has 20 heavy (non-hydrogen) atoms. The largest absolute Gasteiger partial charge is 0.469 e. The van der Waals surface area contributed by atoms with E-state index >= 15 is 0 Å². The van der Waals surface area contributed by atoms with Crippen molar-refractivity contribution in [2.45, 2.75) is 39.2 Å². The van der Waals surface area contributed by atoms with Gasteiger partial charge in [0.2, 0.25) is 0 Å². The minimum Gasteiger partial charge on any atom is -0.469 e. The number of ether oxygens (including phenoxy) is 4. The third-order valence-corrected chi connectivity index (χ3v) is 2.46. The van der Waals surface area contributed by atoms with Crippen molar-refractivity contribution in [2.75, 3.05) is 26.9 Å². The Labute approximate surface area is 118 Å². The summed E-state index contributed by atoms with van der Waals surface area (Å²) in [7, 11) is 1.19. The van der Waals surface area contributed by atoms with Gasteiger partial charge in [-0.2, -0.15) is 0 Å². The Morgan fingerprint density at radius 3 is 1.85 bits per heavy atom. The minimum atomic E-state index is -1.70. The first-order valence-electron chi connectivity index (χ1n) is 6.49. The van der Waals surface area contributed by atoms with E-state index in [-0.39, 0.29) is 19.8 Å². The van der Waals surface area contributed by atoms with Crippen LogP contribution in [-0.4, -0.2) is 50.4 Å². The summed E-state index contributed by atoms with van der Waals surface area (Å²) in [5, 5.41) is 0. The number of esters is 3. The van der Waals surface area contributed by atoms with Gasteiger partial charge in [0, 0.05) is 6.61 Å². The highest BCUT2D eigenvalue weighted by Gasteiger charge is 2.46. The van der Waals surface area contributed by atoms with E-state index in [1.165, 1.54) is 7.11 Å². The summed E-state index contributed by atoms with van der Waals surface area (Å²) in [5.74, 6) is -2.09. The molecule has 0 rings (SSSR count). The predicted octanol–water partition coefficient (Wildman–Crippen LogP) is 0.841. The zero-order valence-electron chi connectivity index (χ0n) is 12.4. The van der Waals surface area contributed by atoms with E-state index in [2.05, 4.69) is 4.74 Å². The van der Waals surface area contributed by atoms with Crippen molar-refractivity contribution in [3.8, 4) is 0 Å². The van der Waals surface area contributed by atoms with Gasteiger partial charge >= 0.3 is 17.9 Å². The number of rotatable bonds is 9. The van der Waals surface area contributed by atoms with Crippen LogP contribution < -0.4 is 0 Å². The molecule has 0 aliphatic carbocycles. The Morgan fingerprint density at radius 1 is 0.850 bits per heavy atom. The van der Waals surface area contributed by atoms with E-state index in [1.807, 2.05) is 0 Å². The lowest BCUT2D eigenvalue weighted by Gasteiger charge is -2.29. The molecule has 0 saturated heterocycles. The van der Waals surface area contributed by atoms with Crippen LogP contribution in [0.15, 0.2) is 0 Å². The second-order valence-electron chi connectivity index (χ2n) is 3.88. The van der Waals surface area contributed by atoms with Crippen molar-refractivity contribution in [1.29, 1.82) is 0 Å². The fourth-order valence-electron chi connectivity index (χ4n) is 1.66. The van der Waals surface area contributed by atoms with Crippen molar-refractivity contribution in [1.82, 2.24) is 0 Å². The summed E-state index contributed by atoms with van der Waals surface area (Å²) in [6, 6.07) is 0. The lowest BCUT2D eigenvalue weighted by atomic mass is 9.95. The summed E-state index contributed by atoms with van der Waals surface area (Å²) in [6.07, 6.45) is -0.808. The molecule has 0 bridgehead atoms. The van der Waals surface area contributed by atoms with Gasteiger partial charge in [-0.25, -0.2) is 4.79 Å². The third-order valence-electron chi connectivity index (χ3n) is 2.46. The number of carbonyl (C=O) groups excluding carboxylic acids is 3. The molecule has 0 N–H and O–H groups in total. The maximum absolute atomic E-state index is 12.1. The van der Waals surface area contributed by atoms with Gasteiger partial charge in [0.25, 0.3) is 0 Å². The number of methoxy groups -OCH3 is 1. The highest BCUT2D eigenvalue weighted by molar-refractivity contribution is 5.90. The molecular formula is C13H22O7. The highest BCUT2D eigenvalue weighted by Crippen LogP contribution is 2.24. The van der Waals surface area contributed by atoms with Crippen LogP contribution in [0.4, 0.5) is 0 Å². The molecule has 0 amide bonds. The normalized spacial score (nSPS) is 13.2. The Balaban J connectivity index is 5.24. The van der Waals surface area contributed by atoms with Crippen molar-refractivity contribution >= 4 is 17.9 Å². The number of hydrogen-bond acceptors (Lipinski definition) is 7. The van der Waals surface area contributed by atoms with Gasteiger partial charge < -0.3 is 18.9 Å². The quantitative estimate of drug-likeness (QED) is 0.459. The molecule has 0 spiro atoms. The molecule has 0 aliphatic rings. The van der Waals surface area contributed by atoms with Crippen LogP contribution in [0.3, 0.4) is 0 Å². The van der Waals surface area contributed by atoms with Gasteiger partial charge in [-0.3, -0.25) is 9.59 Å². The standard InChI is InChI=1S/C13H22O7/c1-5-18-11(15)9-13(20-7-3,8-10(14)17-4)12(16)19-6-2/h5-9H2,1-4H3. The second-order valence-corrected chi connectivity index (χ2v) is 3.88. The summed E-state index contributed by atoms with van der Waals surface area (Å²) < 4.78 is 19.6. The zero-order valence-corrected chi connectivity index (χ0v) is 12.4. The fourth-order valence-corrected chi connectivity index (χ4v) is 1.66. The van der Waals surface area contributed by atoms with Crippen LogP contribution in [-0.2, 0) is 33.3 Å². The van der Waals surface area contributed by atoms with E-state index in [1.54, 1.807) is 20.8 Å². The Kier molecular flexibility index (Phi) is 8.54. The summed E-state index contributed by atoms with van der Waals surface area (Å²) in [6.45, 7) is 5.33. The summed E-state index contributed by atoms with van der Waals surface area (Å²) in [4.78, 5) is 35.2. The minimum absolute atomic E-state index is 0.109. The molecule has 0 saturated carbocycles. The Hall–Kier alpha value is -1.63. The molecular weight excluding hydrogens is 268 g/mol. The van der Waals surface area contributed by atoms with Crippen LogP contribution in [0.25, 0.3) is 0 Å². The van der Waals surface area contributed by atoms with E-state index in [0.29, 0.717) is 0 Å². The first-order valence-corrected chi connectivity index (χ1v) is 6.49. The molecule has 0 aromatic rings. The van der Waals surface area contributed by atoms with Gasteiger partial charge in [-0.1, -0.05) is 0 Å². The SMILES string of the molecule is CCOC(=O)CC(CC(=O)OC)(OCC)C(=O)OCC. The van der Waals surface area contributed by atoms with E-state index in [9.17, 15) is 14.4 Å². The van der Waals surface area contributed by atoms with E-state index in [4.69, 9.17) is 14.2 Å². The lowest BCUT2D eigenvalue weighted by molar-refractivity contribution is -0.184. The van der Waals surface area contributed by atoms with Gasteiger partial charge in [-0.05, 0) is 20.8 Å². The highest BCUT2D eigenvalue weighted by atomic mass is 16.6. The maximum Gasteiger partial charge on any atom is 0.339 e. The smallest absolute Gasteiger partial charge is 0.339 e. The molecule has 0 aliphatic heterocycles. The van der Waals surface area contributed by atoms with E-state index in [0.717, 1.165) is 0 Å². The van der Waals surface area contributed by atoms with E-state index < -0.39 is 36.4 Å². The zero-order chi connectivity index (χ0) is 15.6. The molecule has 1 unspecified atom stereocenters. The van der Waals surface area contributed by atoms with Crippen LogP contribution >= 0.6 is 0 Å². The molecule has 7 heteroatoms. The fraction of sp³-hybridized carbons (Fsp3) is 0.769. The maximum atomic E-state index is 12.1. The number of carbonyl (C=O) groups is 3. The van der Waals surface area contributed by atoms with Gasteiger partial charge in [0.15, 0.2) is 5.60 Å². The average molecular weight is 290 g/mol. The van der Waals surface area contributed by atoms with Crippen LogP contribution in [0.2, 0.25) is 0 Å². The van der Waals surface area contributed by atoms with Crippen molar-refractivity contribution in [3.63, 3.8) is 0 Å². The van der Waals surface area contributed by atoms with Crippen molar-refractivity contribution in [2.24, 2.45) is 0 Å². The molecule has 7 nitrogen and oxygen atoms in total. The van der Waals surface area contributed by atoms with Gasteiger partial charge in [-0.15, -0.1) is 0 Å². The van der Waals surface area contributed by atoms with Crippen LogP contribution in [0.1, 0.15) is 33.6 Å². The molecule has 116 valence electrons. The average Bonchev–Trinajstić information content (AvgIpc) is 2.39. The third kappa shape index (κ3) is 5.56. The van der Waals surface area contributed by atoms with Gasteiger partial charge in [0.1, 0.15) is 0 Å². The van der Waals surface area contributed by atoms with Crippen LogP contribution in [0, 0.1) is 0 Å². The Bertz CT molecular complexity index is 340. The second kappa shape index (κ2) is 9.30. The molecule has 0 aromatic carbocycles. The molecule has 0 fully saturated rings. The molecule has 0 radical (unpaired) electrons. The first kappa shape index (κ1) is 18.4. The molecule has 0 aromatic heterocycles. The molecule has 1 atom stereocenters. The molecule has 0 heterocycles. The monoisotopic (exact) mass is 290 g/mol.